The van der Waals surface area contributed by atoms with E-state index >= 15 is 0 Å². The molecule has 1 aromatic heterocycles. The smallest absolute Gasteiger partial charge is 0.223 e. The fourth-order valence-corrected chi connectivity index (χ4v) is 5.25. The van der Waals surface area contributed by atoms with E-state index in [0.29, 0.717) is 44.6 Å². The summed E-state index contributed by atoms with van der Waals surface area (Å²) in [5.41, 5.74) is 1.80. The number of hydrogen-bond donors (Lipinski definition) is 2. The summed E-state index contributed by atoms with van der Waals surface area (Å²) in [6.45, 7) is 8.93. The molecule has 2 aliphatic rings. The number of imidazole rings is 1. The van der Waals surface area contributed by atoms with E-state index < -0.39 is 11.5 Å². The maximum Gasteiger partial charge on any atom is 0.223 e. The van der Waals surface area contributed by atoms with Gasteiger partial charge in [0.25, 0.3) is 0 Å². The molecule has 0 radical (unpaired) electrons. The molecule has 3 heterocycles. The van der Waals surface area contributed by atoms with E-state index in [4.69, 9.17) is 4.74 Å². The number of hydrogen-bond acceptors (Lipinski definition) is 5. The maximum atomic E-state index is 13.6. The van der Waals surface area contributed by atoms with Crippen LogP contribution in [0, 0.1) is 17.3 Å². The molecular weight excluding hydrogens is 428 g/mol. The van der Waals surface area contributed by atoms with E-state index in [2.05, 4.69) is 14.9 Å². The molecule has 0 spiro atoms. The summed E-state index contributed by atoms with van der Waals surface area (Å²) in [7, 11) is 0. The average molecular weight is 469 g/mol. The third-order valence-corrected chi connectivity index (χ3v) is 7.56. The number of likely N-dealkylation sites (tertiary alicyclic amines) is 1. The fourth-order valence-electron chi connectivity index (χ4n) is 5.25. The zero-order valence-electron chi connectivity index (χ0n) is 20.7. The molecule has 2 aliphatic heterocycles. The molecule has 2 fully saturated rings. The van der Waals surface area contributed by atoms with Crippen molar-refractivity contribution < 1.29 is 14.6 Å². The highest BCUT2D eigenvalue weighted by molar-refractivity contribution is 5.76. The Morgan fingerprint density at radius 1 is 1.15 bits per heavy atom. The molecule has 0 unspecified atom stereocenters. The number of carbonyl (C=O) groups excluding carboxylic acids is 1. The zero-order chi connectivity index (χ0) is 24.0. The van der Waals surface area contributed by atoms with Gasteiger partial charge in [0.15, 0.2) is 0 Å². The highest BCUT2D eigenvalue weighted by Crippen LogP contribution is 2.32. The highest BCUT2D eigenvalue weighted by atomic mass is 16.5. The van der Waals surface area contributed by atoms with Gasteiger partial charge >= 0.3 is 0 Å². The second-order valence-electron chi connectivity index (χ2n) is 10.8. The second kappa shape index (κ2) is 11.5. The standard InChI is InChI=1S/C27H40N4O3/c1-27(2)19-34-12-6-9-23-16-30(17-24-14-28-20-29-24)11-10-22(23)13-26(33)31(18-25(27)32)15-21-7-4-3-5-8-21/h3-5,7-8,14,20,22-23,25,32H,6,9-13,15-19H2,1-2H3,(H,28,29)/t22-,23-,25-/m0/s1. The van der Waals surface area contributed by atoms with Gasteiger partial charge in [-0.25, -0.2) is 4.98 Å². The zero-order valence-corrected chi connectivity index (χ0v) is 20.7. The van der Waals surface area contributed by atoms with E-state index in [1.54, 1.807) is 6.33 Å². The lowest BCUT2D eigenvalue weighted by molar-refractivity contribution is -0.137. The fraction of sp³-hybridized carbons (Fsp3) is 0.630. The van der Waals surface area contributed by atoms with Crippen molar-refractivity contribution in [3.63, 3.8) is 0 Å². The summed E-state index contributed by atoms with van der Waals surface area (Å²) in [4.78, 5) is 25.3. The molecule has 1 aromatic carbocycles. The first-order valence-corrected chi connectivity index (χ1v) is 12.7. The summed E-state index contributed by atoms with van der Waals surface area (Å²) in [5.74, 6) is 0.965. The molecule has 2 aromatic rings. The van der Waals surface area contributed by atoms with Gasteiger partial charge in [0.1, 0.15) is 0 Å². The lowest BCUT2D eigenvalue weighted by Gasteiger charge is -2.39. The van der Waals surface area contributed by atoms with Gasteiger partial charge in [0.2, 0.25) is 5.91 Å². The summed E-state index contributed by atoms with van der Waals surface area (Å²) >= 11 is 0. The monoisotopic (exact) mass is 468 g/mol. The molecule has 1 amide bonds. The number of aromatic nitrogens is 2. The molecule has 34 heavy (non-hydrogen) atoms. The van der Waals surface area contributed by atoms with Crippen LogP contribution in [0.4, 0.5) is 0 Å². The summed E-state index contributed by atoms with van der Waals surface area (Å²) in [6.07, 6.45) is 6.57. The number of aliphatic hydroxyl groups excluding tert-OH is 1. The second-order valence-corrected chi connectivity index (χ2v) is 10.8. The minimum atomic E-state index is -0.645. The molecule has 2 N–H and O–H groups in total. The maximum absolute atomic E-state index is 13.6. The number of piperidine rings is 1. The third kappa shape index (κ3) is 6.68. The molecule has 7 heteroatoms. The van der Waals surface area contributed by atoms with Crippen molar-refractivity contribution in [2.75, 3.05) is 32.8 Å². The van der Waals surface area contributed by atoms with Gasteiger partial charge in [-0.05, 0) is 43.2 Å². The van der Waals surface area contributed by atoms with Gasteiger partial charge in [-0.1, -0.05) is 44.2 Å². The molecule has 0 aliphatic carbocycles. The number of ether oxygens (including phenoxy) is 1. The highest BCUT2D eigenvalue weighted by Gasteiger charge is 2.35. The number of β-amino-alcohol motifs (C(OH)–C–C–N with tert-alkyl or cyclic N) is 1. The Balaban J connectivity index is 1.49. The van der Waals surface area contributed by atoms with Gasteiger partial charge in [-0.2, -0.15) is 0 Å². The number of amides is 1. The third-order valence-electron chi connectivity index (χ3n) is 7.56. The Morgan fingerprint density at radius 3 is 2.74 bits per heavy atom. The number of fused-ring (bicyclic) bond motifs is 1. The van der Waals surface area contributed by atoms with Crippen molar-refractivity contribution in [3.05, 3.63) is 54.1 Å². The first kappa shape index (κ1) is 24.9. The van der Waals surface area contributed by atoms with Gasteiger partial charge in [0.05, 0.1) is 19.0 Å². The first-order chi connectivity index (χ1) is 16.4. The van der Waals surface area contributed by atoms with Crippen molar-refractivity contribution in [3.8, 4) is 0 Å². The van der Waals surface area contributed by atoms with Crippen LogP contribution in [0.25, 0.3) is 0 Å². The van der Waals surface area contributed by atoms with Crippen LogP contribution < -0.4 is 0 Å². The van der Waals surface area contributed by atoms with Gasteiger partial charge in [-0.15, -0.1) is 0 Å². The van der Waals surface area contributed by atoms with Crippen LogP contribution in [-0.2, 0) is 22.6 Å². The van der Waals surface area contributed by atoms with Crippen molar-refractivity contribution in [1.29, 1.82) is 0 Å². The Labute approximate surface area is 203 Å². The molecule has 0 bridgehead atoms. The van der Waals surface area contributed by atoms with Crippen LogP contribution in [0.15, 0.2) is 42.9 Å². The Hall–Kier alpha value is -2.22. The minimum Gasteiger partial charge on any atom is -0.391 e. The first-order valence-electron chi connectivity index (χ1n) is 12.7. The topological polar surface area (TPSA) is 81.7 Å². The van der Waals surface area contributed by atoms with Gasteiger partial charge in [0, 0.05) is 56.5 Å². The number of rotatable bonds is 4. The van der Waals surface area contributed by atoms with Crippen molar-refractivity contribution >= 4 is 5.91 Å². The summed E-state index contributed by atoms with van der Waals surface area (Å²) in [6, 6.07) is 10.1. The molecule has 7 nitrogen and oxygen atoms in total. The lowest BCUT2D eigenvalue weighted by Crippen LogP contribution is -2.46. The quantitative estimate of drug-likeness (QED) is 0.718. The van der Waals surface area contributed by atoms with E-state index in [1.807, 2.05) is 55.3 Å². The van der Waals surface area contributed by atoms with Crippen LogP contribution >= 0.6 is 0 Å². The van der Waals surface area contributed by atoms with E-state index in [0.717, 1.165) is 50.2 Å². The van der Waals surface area contributed by atoms with E-state index in [-0.39, 0.29) is 5.91 Å². The molecule has 3 atom stereocenters. The van der Waals surface area contributed by atoms with Crippen LogP contribution in [-0.4, -0.2) is 69.7 Å². The Bertz CT molecular complexity index is 887. The van der Waals surface area contributed by atoms with Crippen LogP contribution in [0.1, 0.15) is 50.8 Å². The molecular formula is C27H40N4O3. The predicted molar refractivity (Wildman–Crippen MR) is 132 cm³/mol. The number of benzene rings is 1. The van der Waals surface area contributed by atoms with Crippen LogP contribution in [0.5, 0.6) is 0 Å². The molecule has 4 rings (SSSR count). The van der Waals surface area contributed by atoms with E-state index in [9.17, 15) is 9.90 Å². The van der Waals surface area contributed by atoms with Crippen molar-refractivity contribution in [2.24, 2.45) is 17.3 Å². The molecule has 2 saturated heterocycles. The normalized spacial score (nSPS) is 27.3. The van der Waals surface area contributed by atoms with Gasteiger partial charge < -0.3 is 19.7 Å². The number of nitrogens with zero attached hydrogens (tertiary/aromatic N) is 3. The number of H-pyrrole nitrogens is 1. The Morgan fingerprint density at radius 2 is 1.97 bits per heavy atom. The SMILES string of the molecule is CC1(C)COCCC[C@H]2CN(Cc3cnc[nH]3)CC[C@H]2CC(=O)N(Cc2ccccc2)C[C@@H]1O. The van der Waals surface area contributed by atoms with E-state index in [1.165, 1.54) is 0 Å². The lowest BCUT2D eigenvalue weighted by atomic mass is 9.80. The van der Waals surface area contributed by atoms with Gasteiger partial charge in [-0.3, -0.25) is 9.69 Å². The Kier molecular flexibility index (Phi) is 8.40. The largest absolute Gasteiger partial charge is 0.391 e. The predicted octanol–water partition coefficient (Wildman–Crippen LogP) is 3.46. The number of carbonyl (C=O) groups is 1. The van der Waals surface area contributed by atoms with Crippen molar-refractivity contribution in [2.45, 2.75) is 58.7 Å². The summed E-state index contributed by atoms with van der Waals surface area (Å²) in [5, 5.41) is 11.1. The minimum absolute atomic E-state index is 0.149. The molecule has 186 valence electrons. The van der Waals surface area contributed by atoms with Crippen molar-refractivity contribution in [1.82, 2.24) is 19.8 Å². The number of aliphatic hydroxyl groups is 1. The number of aromatic amines is 1. The number of nitrogens with one attached hydrogen (secondary N) is 1. The summed E-state index contributed by atoms with van der Waals surface area (Å²) < 4.78 is 6.01. The van der Waals surface area contributed by atoms with Crippen LogP contribution in [0.3, 0.4) is 0 Å². The average Bonchev–Trinajstić information content (AvgIpc) is 3.33. The van der Waals surface area contributed by atoms with Crippen LogP contribution in [0.2, 0.25) is 0 Å². The molecule has 0 saturated carbocycles.